The minimum atomic E-state index is -4.58. The fraction of sp³-hybridized carbons (Fsp3) is 0.517. The SMILES string of the molecule is CCOc1cc(C(C)N(CCCCc2ccccc2)C(=O)NC2(C(=O)O)CC(F)(F)C2)cc(OCC(F)(F)F)c1C. The van der Waals surface area contributed by atoms with Crippen LogP contribution in [0.15, 0.2) is 42.5 Å². The number of carboxylic acid groups (broad SMARTS) is 1. The smallest absolute Gasteiger partial charge is 0.422 e. The Morgan fingerprint density at radius 1 is 1.07 bits per heavy atom. The van der Waals surface area contributed by atoms with Crippen molar-refractivity contribution < 1.29 is 46.1 Å². The van der Waals surface area contributed by atoms with E-state index >= 15 is 0 Å². The highest BCUT2D eigenvalue weighted by atomic mass is 19.4. The van der Waals surface area contributed by atoms with Crippen LogP contribution in [0, 0.1) is 6.92 Å². The lowest BCUT2D eigenvalue weighted by Crippen LogP contribution is -2.68. The average Bonchev–Trinajstić information content (AvgIpc) is 2.87. The molecule has 0 saturated heterocycles. The molecular formula is C29H35F5N2O5. The van der Waals surface area contributed by atoms with Crippen molar-refractivity contribution in [2.24, 2.45) is 0 Å². The van der Waals surface area contributed by atoms with Crippen LogP contribution in [0.25, 0.3) is 0 Å². The highest BCUT2D eigenvalue weighted by molar-refractivity contribution is 5.88. The minimum Gasteiger partial charge on any atom is -0.493 e. The number of halogens is 5. The highest BCUT2D eigenvalue weighted by Crippen LogP contribution is 2.46. The second-order valence-corrected chi connectivity index (χ2v) is 10.3. The predicted octanol–water partition coefficient (Wildman–Crippen LogP) is 6.68. The van der Waals surface area contributed by atoms with Crippen LogP contribution >= 0.6 is 0 Å². The number of alkyl halides is 5. The first-order valence-electron chi connectivity index (χ1n) is 13.4. The first kappa shape index (κ1) is 32.0. The molecule has 226 valence electrons. The molecule has 1 fully saturated rings. The molecule has 1 aliphatic rings. The molecule has 2 aromatic rings. The molecule has 12 heteroatoms. The van der Waals surface area contributed by atoms with Crippen LogP contribution in [0.5, 0.6) is 11.5 Å². The number of benzene rings is 2. The molecule has 0 aliphatic heterocycles. The summed E-state index contributed by atoms with van der Waals surface area (Å²) >= 11 is 0. The highest BCUT2D eigenvalue weighted by Gasteiger charge is 2.62. The molecule has 0 aromatic heterocycles. The van der Waals surface area contributed by atoms with Crippen LogP contribution in [-0.4, -0.2) is 59.4 Å². The largest absolute Gasteiger partial charge is 0.493 e. The summed E-state index contributed by atoms with van der Waals surface area (Å²) in [6.07, 6.45) is -4.78. The van der Waals surface area contributed by atoms with Crippen molar-refractivity contribution in [3.8, 4) is 11.5 Å². The van der Waals surface area contributed by atoms with Crippen LogP contribution in [0.4, 0.5) is 26.7 Å². The summed E-state index contributed by atoms with van der Waals surface area (Å²) < 4.78 is 76.8. The van der Waals surface area contributed by atoms with E-state index < -0.39 is 55.1 Å². The summed E-state index contributed by atoms with van der Waals surface area (Å²) in [4.78, 5) is 26.6. The molecule has 0 bridgehead atoms. The lowest BCUT2D eigenvalue weighted by Gasteiger charge is -2.45. The zero-order valence-corrected chi connectivity index (χ0v) is 23.2. The number of carbonyl (C=O) groups is 2. The van der Waals surface area contributed by atoms with Gasteiger partial charge in [0.25, 0.3) is 5.92 Å². The maximum atomic E-state index is 13.7. The summed E-state index contributed by atoms with van der Waals surface area (Å²) in [5, 5.41) is 11.9. The van der Waals surface area contributed by atoms with E-state index in [2.05, 4.69) is 5.32 Å². The van der Waals surface area contributed by atoms with Gasteiger partial charge in [0.2, 0.25) is 0 Å². The fourth-order valence-electron chi connectivity index (χ4n) is 4.85. The molecule has 1 aliphatic carbocycles. The van der Waals surface area contributed by atoms with E-state index in [0.29, 0.717) is 30.4 Å². The van der Waals surface area contributed by atoms with Gasteiger partial charge in [-0.1, -0.05) is 30.3 Å². The molecule has 1 saturated carbocycles. The monoisotopic (exact) mass is 586 g/mol. The van der Waals surface area contributed by atoms with E-state index in [1.54, 1.807) is 26.8 Å². The number of carbonyl (C=O) groups excluding carboxylic acids is 1. The minimum absolute atomic E-state index is 0.0831. The van der Waals surface area contributed by atoms with Crippen LogP contribution in [0.3, 0.4) is 0 Å². The number of hydrogen-bond acceptors (Lipinski definition) is 4. The number of urea groups is 1. The number of amides is 2. The van der Waals surface area contributed by atoms with Gasteiger partial charge in [0, 0.05) is 24.9 Å². The summed E-state index contributed by atoms with van der Waals surface area (Å²) in [5.74, 6) is -4.60. The molecule has 2 N–H and O–H groups in total. The number of nitrogens with one attached hydrogen (secondary N) is 1. The zero-order valence-electron chi connectivity index (χ0n) is 23.2. The summed E-state index contributed by atoms with van der Waals surface area (Å²) in [5.41, 5.74) is -0.317. The molecule has 2 amide bonds. The third kappa shape index (κ3) is 8.46. The van der Waals surface area contributed by atoms with E-state index in [-0.39, 0.29) is 24.7 Å². The first-order chi connectivity index (χ1) is 19.2. The van der Waals surface area contributed by atoms with E-state index in [9.17, 15) is 36.6 Å². The van der Waals surface area contributed by atoms with Crippen LogP contribution in [0.1, 0.15) is 62.3 Å². The van der Waals surface area contributed by atoms with Crippen LogP contribution in [0.2, 0.25) is 0 Å². The molecule has 2 aromatic carbocycles. The Hall–Kier alpha value is -3.57. The second-order valence-electron chi connectivity index (χ2n) is 10.3. The Balaban J connectivity index is 1.88. The molecule has 3 rings (SSSR count). The normalized spacial score (nSPS) is 16.3. The van der Waals surface area contributed by atoms with Gasteiger partial charge in [-0.2, -0.15) is 13.2 Å². The number of unbranched alkanes of at least 4 members (excludes halogenated alkanes) is 1. The molecule has 7 nitrogen and oxygen atoms in total. The molecule has 0 heterocycles. The first-order valence-corrected chi connectivity index (χ1v) is 13.4. The molecule has 1 atom stereocenters. The van der Waals surface area contributed by atoms with Gasteiger partial charge in [0.15, 0.2) is 12.1 Å². The Morgan fingerprint density at radius 2 is 1.68 bits per heavy atom. The molecule has 41 heavy (non-hydrogen) atoms. The van der Waals surface area contributed by atoms with Crippen molar-refractivity contribution in [1.82, 2.24) is 10.2 Å². The number of aliphatic carboxylic acids is 1. The van der Waals surface area contributed by atoms with Crippen molar-refractivity contribution in [1.29, 1.82) is 0 Å². The standard InChI is InChI=1S/C29H35F5N2O5/c1-4-40-23-14-22(15-24(19(23)2)41-18-29(32,33)34)20(3)36(13-9-8-12-21-10-6-5-7-11-21)26(39)35-27(25(37)38)16-28(30,31)17-27/h5-7,10-11,14-15,20H,4,8-9,12-13,16-18H2,1-3H3,(H,35,39)(H,37,38). The van der Waals surface area contributed by atoms with Gasteiger partial charge in [0.05, 0.1) is 12.6 Å². The maximum absolute atomic E-state index is 13.7. The van der Waals surface area contributed by atoms with Crippen molar-refractivity contribution in [3.05, 3.63) is 59.2 Å². The van der Waals surface area contributed by atoms with Crippen molar-refractivity contribution >= 4 is 12.0 Å². The van der Waals surface area contributed by atoms with Crippen molar-refractivity contribution in [3.63, 3.8) is 0 Å². The van der Waals surface area contributed by atoms with Crippen LogP contribution < -0.4 is 14.8 Å². The van der Waals surface area contributed by atoms with Gasteiger partial charge >= 0.3 is 18.2 Å². The molecule has 1 unspecified atom stereocenters. The summed E-state index contributed by atoms with van der Waals surface area (Å²) in [7, 11) is 0. The number of aryl methyl sites for hydroxylation is 1. The third-order valence-corrected chi connectivity index (χ3v) is 7.07. The summed E-state index contributed by atoms with van der Waals surface area (Å²) in [6.45, 7) is 3.69. The summed E-state index contributed by atoms with van der Waals surface area (Å²) in [6, 6.07) is 10.9. The van der Waals surface area contributed by atoms with Crippen molar-refractivity contribution in [2.75, 3.05) is 19.8 Å². The van der Waals surface area contributed by atoms with Crippen LogP contribution in [-0.2, 0) is 11.2 Å². The second kappa shape index (κ2) is 12.9. The molecule has 0 radical (unpaired) electrons. The Morgan fingerprint density at radius 3 is 2.22 bits per heavy atom. The van der Waals surface area contributed by atoms with E-state index in [1.165, 1.54) is 11.0 Å². The van der Waals surface area contributed by atoms with Gasteiger partial charge < -0.3 is 24.8 Å². The van der Waals surface area contributed by atoms with E-state index in [0.717, 1.165) is 5.56 Å². The topological polar surface area (TPSA) is 88.1 Å². The lowest BCUT2D eigenvalue weighted by atomic mass is 9.73. The fourth-order valence-corrected chi connectivity index (χ4v) is 4.85. The predicted molar refractivity (Wildman–Crippen MR) is 141 cm³/mol. The van der Waals surface area contributed by atoms with Gasteiger partial charge in [-0.05, 0) is 63.3 Å². The number of nitrogens with zero attached hydrogens (tertiary/aromatic N) is 1. The Labute approximate surface area is 235 Å². The lowest BCUT2D eigenvalue weighted by molar-refractivity contribution is -0.175. The quantitative estimate of drug-likeness (QED) is 0.202. The molecular weight excluding hydrogens is 551 g/mol. The van der Waals surface area contributed by atoms with Gasteiger partial charge in [-0.15, -0.1) is 0 Å². The van der Waals surface area contributed by atoms with Gasteiger partial charge in [0.1, 0.15) is 11.5 Å². The molecule has 0 spiro atoms. The number of hydrogen-bond donors (Lipinski definition) is 2. The van der Waals surface area contributed by atoms with Gasteiger partial charge in [-0.25, -0.2) is 18.4 Å². The number of ether oxygens (including phenoxy) is 2. The third-order valence-electron chi connectivity index (χ3n) is 7.07. The van der Waals surface area contributed by atoms with Crippen molar-refractivity contribution in [2.45, 2.75) is 76.6 Å². The number of rotatable bonds is 13. The van der Waals surface area contributed by atoms with E-state index in [1.807, 2.05) is 30.3 Å². The average molecular weight is 587 g/mol. The van der Waals surface area contributed by atoms with E-state index in [4.69, 9.17) is 9.47 Å². The Kier molecular flexibility index (Phi) is 10.1. The van der Waals surface area contributed by atoms with Gasteiger partial charge in [-0.3, -0.25) is 0 Å². The maximum Gasteiger partial charge on any atom is 0.422 e. The Bertz CT molecular complexity index is 1200. The number of carboxylic acids is 1. The zero-order chi connectivity index (χ0) is 30.4.